The molecular weight excluding hydrogens is 228 g/mol. The summed E-state index contributed by atoms with van der Waals surface area (Å²) in [6, 6.07) is -0.913. The highest BCUT2D eigenvalue weighted by atomic mass is 16.6. The van der Waals surface area contributed by atoms with Crippen LogP contribution in [0.25, 0.3) is 0 Å². The molecule has 0 fully saturated rings. The maximum Gasteiger partial charge on any atom is 0.330 e. The topological polar surface area (TPSA) is 110 Å². The molecule has 0 aliphatic heterocycles. The molecule has 0 saturated heterocycles. The number of carboxylic acid groups (broad SMARTS) is 1. The Balaban J connectivity index is 3.00. The fourth-order valence-corrected chi connectivity index (χ4v) is 1.37. The minimum Gasteiger partial charge on any atom is -0.480 e. The molecule has 0 aliphatic rings. The highest BCUT2D eigenvalue weighted by Gasteiger charge is 2.27. The molecule has 0 spiro atoms. The quantitative estimate of drug-likeness (QED) is 0.585. The first-order valence-corrected chi connectivity index (χ1v) is 5.00. The highest BCUT2D eigenvalue weighted by molar-refractivity contribution is 5.78. The largest absolute Gasteiger partial charge is 0.480 e. The first-order valence-electron chi connectivity index (χ1n) is 5.00. The number of anilines is 1. The second kappa shape index (κ2) is 4.81. The van der Waals surface area contributed by atoms with Gasteiger partial charge in [-0.2, -0.15) is 0 Å². The van der Waals surface area contributed by atoms with Crippen LogP contribution in [0, 0.1) is 16.0 Å². The molecule has 1 rings (SSSR count). The number of nitrogens with zero attached hydrogens (tertiary/aromatic N) is 3. The maximum absolute atomic E-state index is 11.0. The van der Waals surface area contributed by atoms with E-state index in [-0.39, 0.29) is 17.4 Å². The molecule has 1 atom stereocenters. The van der Waals surface area contributed by atoms with Gasteiger partial charge in [0.05, 0.1) is 4.92 Å². The van der Waals surface area contributed by atoms with E-state index in [1.54, 1.807) is 13.8 Å². The van der Waals surface area contributed by atoms with Crippen molar-refractivity contribution < 1.29 is 14.8 Å². The van der Waals surface area contributed by atoms with Crippen LogP contribution in [0.4, 0.5) is 11.5 Å². The van der Waals surface area contributed by atoms with Crippen molar-refractivity contribution in [3.8, 4) is 0 Å². The smallest absolute Gasteiger partial charge is 0.330 e. The van der Waals surface area contributed by atoms with E-state index in [2.05, 4.69) is 10.4 Å². The van der Waals surface area contributed by atoms with Crippen LogP contribution in [0.5, 0.6) is 0 Å². The van der Waals surface area contributed by atoms with Gasteiger partial charge in [-0.25, -0.2) is 4.79 Å². The van der Waals surface area contributed by atoms with E-state index < -0.39 is 16.9 Å². The fraction of sp³-hybridized carbons (Fsp3) is 0.556. The second-order valence-corrected chi connectivity index (χ2v) is 4.00. The van der Waals surface area contributed by atoms with Gasteiger partial charge in [0.1, 0.15) is 12.2 Å². The van der Waals surface area contributed by atoms with E-state index in [4.69, 9.17) is 5.11 Å². The number of aryl methyl sites for hydroxylation is 1. The lowest BCUT2D eigenvalue weighted by molar-refractivity contribution is -0.384. The van der Waals surface area contributed by atoms with E-state index in [9.17, 15) is 14.9 Å². The summed E-state index contributed by atoms with van der Waals surface area (Å²) < 4.78 is 1.26. The number of carbonyl (C=O) groups is 1. The van der Waals surface area contributed by atoms with Gasteiger partial charge in [0.2, 0.25) is 5.82 Å². The average Bonchev–Trinajstić information content (AvgIpc) is 2.55. The maximum atomic E-state index is 11.0. The van der Waals surface area contributed by atoms with Crippen molar-refractivity contribution in [3.63, 3.8) is 0 Å². The van der Waals surface area contributed by atoms with E-state index in [1.807, 2.05) is 0 Å². The van der Waals surface area contributed by atoms with Crippen molar-refractivity contribution in [1.82, 2.24) is 9.78 Å². The molecule has 1 unspecified atom stereocenters. The predicted octanol–water partition coefficient (Wildman–Crippen LogP) is 0.849. The number of aliphatic carboxylic acids is 1. The Labute approximate surface area is 97.4 Å². The summed E-state index contributed by atoms with van der Waals surface area (Å²) in [4.78, 5) is 21.1. The molecule has 0 radical (unpaired) electrons. The molecule has 0 amide bonds. The lowest BCUT2D eigenvalue weighted by atomic mass is 10.1. The van der Waals surface area contributed by atoms with Crippen molar-refractivity contribution in [2.45, 2.75) is 19.9 Å². The first kappa shape index (κ1) is 12.9. The van der Waals surface area contributed by atoms with Crippen LogP contribution in [-0.2, 0) is 11.8 Å². The SMILES string of the molecule is CC(C)C(Nc1nn(C)cc1[N+](=O)[O-])C(=O)O. The van der Waals surface area contributed by atoms with Gasteiger partial charge in [0.15, 0.2) is 0 Å². The molecule has 0 saturated carbocycles. The Morgan fingerprint density at radius 2 is 2.24 bits per heavy atom. The number of hydrogen-bond donors (Lipinski definition) is 2. The Hall–Kier alpha value is -2.12. The van der Waals surface area contributed by atoms with Crippen LogP contribution >= 0.6 is 0 Å². The Kier molecular flexibility index (Phi) is 3.66. The standard InChI is InChI=1S/C9H14N4O4/c1-5(2)7(9(14)15)10-8-6(13(16)17)4-12(3)11-8/h4-5,7H,1-3H3,(H,10,11)(H,14,15). The second-order valence-electron chi connectivity index (χ2n) is 4.00. The zero-order valence-corrected chi connectivity index (χ0v) is 9.75. The minimum absolute atomic E-state index is 0.0291. The summed E-state index contributed by atoms with van der Waals surface area (Å²) in [5.41, 5.74) is -0.237. The van der Waals surface area contributed by atoms with Crippen molar-refractivity contribution in [2.24, 2.45) is 13.0 Å². The third-order valence-electron chi connectivity index (χ3n) is 2.23. The summed E-state index contributed by atoms with van der Waals surface area (Å²) in [7, 11) is 1.53. The van der Waals surface area contributed by atoms with Crippen molar-refractivity contribution in [2.75, 3.05) is 5.32 Å². The molecular formula is C9H14N4O4. The molecule has 1 aromatic rings. The van der Waals surface area contributed by atoms with Crippen LogP contribution in [0.2, 0.25) is 0 Å². The highest BCUT2D eigenvalue weighted by Crippen LogP contribution is 2.23. The molecule has 17 heavy (non-hydrogen) atoms. The minimum atomic E-state index is -1.07. The van der Waals surface area contributed by atoms with Gasteiger partial charge in [-0.15, -0.1) is 5.10 Å². The van der Waals surface area contributed by atoms with Gasteiger partial charge in [0.25, 0.3) is 0 Å². The molecule has 1 aromatic heterocycles. The van der Waals surface area contributed by atoms with Crippen LogP contribution in [0.1, 0.15) is 13.8 Å². The van der Waals surface area contributed by atoms with Gasteiger partial charge in [0, 0.05) is 7.05 Å². The monoisotopic (exact) mass is 242 g/mol. The Morgan fingerprint density at radius 3 is 2.65 bits per heavy atom. The van der Waals surface area contributed by atoms with E-state index >= 15 is 0 Å². The number of hydrogen-bond acceptors (Lipinski definition) is 5. The summed E-state index contributed by atoms with van der Waals surface area (Å²) in [5, 5.41) is 26.1. The van der Waals surface area contributed by atoms with Crippen LogP contribution < -0.4 is 5.32 Å². The number of aromatic nitrogens is 2. The lowest BCUT2D eigenvalue weighted by Crippen LogP contribution is -2.34. The molecule has 0 aromatic carbocycles. The van der Waals surface area contributed by atoms with Crippen molar-refractivity contribution in [1.29, 1.82) is 0 Å². The molecule has 0 bridgehead atoms. The normalized spacial score (nSPS) is 12.5. The number of rotatable bonds is 5. The van der Waals surface area contributed by atoms with E-state index in [0.29, 0.717) is 0 Å². The Morgan fingerprint density at radius 1 is 1.65 bits per heavy atom. The van der Waals surface area contributed by atoms with Crippen LogP contribution in [0.3, 0.4) is 0 Å². The molecule has 8 nitrogen and oxygen atoms in total. The Bertz CT molecular complexity index is 440. The number of nitrogens with one attached hydrogen (secondary N) is 1. The van der Waals surface area contributed by atoms with Gasteiger partial charge in [-0.05, 0) is 5.92 Å². The third-order valence-corrected chi connectivity index (χ3v) is 2.23. The first-order chi connectivity index (χ1) is 7.82. The van der Waals surface area contributed by atoms with Crippen molar-refractivity contribution in [3.05, 3.63) is 16.3 Å². The third kappa shape index (κ3) is 2.92. The molecule has 2 N–H and O–H groups in total. The van der Waals surface area contributed by atoms with E-state index in [0.717, 1.165) is 0 Å². The molecule has 8 heteroatoms. The zero-order valence-electron chi connectivity index (χ0n) is 9.75. The summed E-state index contributed by atoms with van der Waals surface area (Å²) >= 11 is 0. The van der Waals surface area contributed by atoms with Crippen LogP contribution in [0.15, 0.2) is 6.20 Å². The average molecular weight is 242 g/mol. The summed E-state index contributed by atoms with van der Waals surface area (Å²) in [5.74, 6) is -1.31. The number of carboxylic acids is 1. The predicted molar refractivity (Wildman–Crippen MR) is 59.7 cm³/mol. The fourth-order valence-electron chi connectivity index (χ4n) is 1.37. The van der Waals surface area contributed by atoms with Crippen molar-refractivity contribution >= 4 is 17.5 Å². The van der Waals surface area contributed by atoms with Gasteiger partial charge >= 0.3 is 11.7 Å². The van der Waals surface area contributed by atoms with Gasteiger partial charge in [-0.3, -0.25) is 14.8 Å². The number of nitro groups is 1. The summed E-state index contributed by atoms with van der Waals surface area (Å²) in [6.45, 7) is 3.42. The van der Waals surface area contributed by atoms with E-state index in [1.165, 1.54) is 17.9 Å². The summed E-state index contributed by atoms with van der Waals surface area (Å²) in [6.07, 6.45) is 1.22. The zero-order chi connectivity index (χ0) is 13.2. The van der Waals surface area contributed by atoms with Gasteiger partial charge in [-0.1, -0.05) is 13.8 Å². The molecule has 94 valence electrons. The molecule has 0 aliphatic carbocycles. The molecule has 1 heterocycles. The van der Waals surface area contributed by atoms with Gasteiger partial charge < -0.3 is 10.4 Å². The van der Waals surface area contributed by atoms with Crippen LogP contribution in [-0.4, -0.2) is 31.8 Å². The lowest BCUT2D eigenvalue weighted by Gasteiger charge is -2.16.